The van der Waals surface area contributed by atoms with Crippen LogP contribution in [0.3, 0.4) is 0 Å². The van der Waals surface area contributed by atoms with Crippen LogP contribution in [0.25, 0.3) is 0 Å². The van der Waals surface area contributed by atoms with Crippen molar-refractivity contribution in [2.75, 3.05) is 20.8 Å². The number of carbonyl (C=O) groups excluding carboxylic acids is 1. The minimum Gasteiger partial charge on any atom is -0.415 e. The predicted molar refractivity (Wildman–Crippen MR) is 50.2 cm³/mol. The maximum absolute atomic E-state index is 10.9. The molecule has 0 amide bonds. The first-order valence-corrected chi connectivity index (χ1v) is 4.56. The lowest BCUT2D eigenvalue weighted by Crippen LogP contribution is -2.23. The van der Waals surface area contributed by atoms with E-state index in [0.29, 0.717) is 13.0 Å². The molecule has 0 aliphatic rings. The normalized spacial score (nSPS) is 14.6. The molecule has 0 aliphatic heterocycles. The van der Waals surface area contributed by atoms with E-state index in [-0.39, 0.29) is 0 Å². The number of alkyl halides is 1. The topological polar surface area (TPSA) is 54.0 Å². The van der Waals surface area contributed by atoms with Crippen LogP contribution in [0.1, 0.15) is 13.3 Å². The van der Waals surface area contributed by atoms with E-state index in [1.54, 1.807) is 7.11 Å². The lowest BCUT2D eigenvalue weighted by Gasteiger charge is -2.15. The predicted octanol–water partition coefficient (Wildman–Crippen LogP) is 1.73. The molecule has 84 valence electrons. The van der Waals surface area contributed by atoms with Gasteiger partial charge in [0, 0.05) is 20.6 Å². The number of halogens is 1. The van der Waals surface area contributed by atoms with E-state index in [1.165, 1.54) is 14.0 Å². The van der Waals surface area contributed by atoms with Gasteiger partial charge in [0.2, 0.25) is 6.29 Å². The molecular formula is C8H15ClO5. The van der Waals surface area contributed by atoms with Crippen LogP contribution in [0.15, 0.2) is 0 Å². The fourth-order valence-electron chi connectivity index (χ4n) is 0.707. The first-order valence-electron chi connectivity index (χ1n) is 4.13. The zero-order chi connectivity index (χ0) is 11.0. The molecule has 0 fully saturated rings. The van der Waals surface area contributed by atoms with Crippen LogP contribution in [0.2, 0.25) is 0 Å². The molecule has 6 heteroatoms. The van der Waals surface area contributed by atoms with Gasteiger partial charge in [-0.05, 0) is 6.92 Å². The Bertz CT molecular complexity index is 162. The number of methoxy groups -OCH3 is 2. The first kappa shape index (κ1) is 13.5. The Morgan fingerprint density at radius 3 is 2.43 bits per heavy atom. The van der Waals surface area contributed by atoms with E-state index in [1.807, 2.05) is 0 Å². The summed E-state index contributed by atoms with van der Waals surface area (Å²) in [5.74, 6) is 0. The van der Waals surface area contributed by atoms with Crippen LogP contribution in [0.5, 0.6) is 0 Å². The molecule has 0 radical (unpaired) electrons. The summed E-state index contributed by atoms with van der Waals surface area (Å²) in [6.07, 6.45) is -1.08. The van der Waals surface area contributed by atoms with Gasteiger partial charge in [0.05, 0.1) is 6.61 Å². The zero-order valence-electron chi connectivity index (χ0n) is 8.49. The van der Waals surface area contributed by atoms with Gasteiger partial charge in [-0.15, -0.1) is 0 Å². The van der Waals surface area contributed by atoms with Crippen molar-refractivity contribution in [3.63, 3.8) is 0 Å². The monoisotopic (exact) mass is 226 g/mol. The molecule has 0 aliphatic carbocycles. The zero-order valence-corrected chi connectivity index (χ0v) is 9.24. The Hall–Kier alpha value is -0.520. The number of ether oxygens (including phenoxy) is 4. The summed E-state index contributed by atoms with van der Waals surface area (Å²) in [6, 6.07) is 0. The highest BCUT2D eigenvalue weighted by Crippen LogP contribution is 2.05. The molecule has 0 N–H and O–H groups in total. The van der Waals surface area contributed by atoms with Crippen molar-refractivity contribution in [1.82, 2.24) is 0 Å². The average Bonchev–Trinajstić information content (AvgIpc) is 2.10. The van der Waals surface area contributed by atoms with Crippen molar-refractivity contribution in [3.05, 3.63) is 0 Å². The highest BCUT2D eigenvalue weighted by molar-refractivity contribution is 6.19. The quantitative estimate of drug-likeness (QED) is 0.392. The number of hydrogen-bond donors (Lipinski definition) is 0. The van der Waals surface area contributed by atoms with Gasteiger partial charge >= 0.3 is 6.16 Å². The largest absolute Gasteiger partial charge is 0.512 e. The summed E-state index contributed by atoms with van der Waals surface area (Å²) in [5, 5.41) is 0. The van der Waals surface area contributed by atoms with Crippen molar-refractivity contribution >= 4 is 17.8 Å². The number of carbonyl (C=O) groups is 1. The van der Waals surface area contributed by atoms with Crippen molar-refractivity contribution in [1.29, 1.82) is 0 Å². The SMILES string of the molecule is COCCC(OC)OC(=O)OC(C)Cl. The van der Waals surface area contributed by atoms with E-state index in [4.69, 9.17) is 25.8 Å². The summed E-state index contributed by atoms with van der Waals surface area (Å²) in [7, 11) is 2.98. The molecule has 0 saturated heterocycles. The second-order valence-corrected chi connectivity index (χ2v) is 3.09. The molecule has 2 unspecified atom stereocenters. The van der Waals surface area contributed by atoms with Crippen LogP contribution in [-0.4, -0.2) is 38.8 Å². The van der Waals surface area contributed by atoms with Gasteiger partial charge < -0.3 is 18.9 Å². The van der Waals surface area contributed by atoms with E-state index < -0.39 is 18.0 Å². The molecule has 5 nitrogen and oxygen atoms in total. The summed E-state index contributed by atoms with van der Waals surface area (Å²) in [6.45, 7) is 1.95. The Labute approximate surface area is 88.2 Å². The van der Waals surface area contributed by atoms with E-state index >= 15 is 0 Å². The van der Waals surface area contributed by atoms with Crippen LogP contribution >= 0.6 is 11.6 Å². The molecule has 0 rings (SSSR count). The Morgan fingerprint density at radius 2 is 2.00 bits per heavy atom. The lowest BCUT2D eigenvalue weighted by atomic mass is 10.4. The third-order valence-corrected chi connectivity index (χ3v) is 1.40. The van der Waals surface area contributed by atoms with Crippen LogP contribution in [0.4, 0.5) is 4.79 Å². The Balaban J connectivity index is 3.74. The number of hydrogen-bond acceptors (Lipinski definition) is 5. The smallest absolute Gasteiger partial charge is 0.415 e. The standard InChI is InChI=1S/C8H15ClO5/c1-6(9)13-8(10)14-7(12-3)4-5-11-2/h6-7H,4-5H2,1-3H3. The van der Waals surface area contributed by atoms with Crippen LogP contribution in [-0.2, 0) is 18.9 Å². The maximum atomic E-state index is 10.9. The summed E-state index contributed by atoms with van der Waals surface area (Å²) in [5.41, 5.74) is -0.720. The highest BCUT2D eigenvalue weighted by atomic mass is 35.5. The molecule has 0 heterocycles. The van der Waals surface area contributed by atoms with Gasteiger partial charge in [0.25, 0.3) is 0 Å². The molecule has 0 spiro atoms. The van der Waals surface area contributed by atoms with Crippen molar-refractivity contribution < 1.29 is 23.7 Å². The molecule has 14 heavy (non-hydrogen) atoms. The Kier molecular flexibility index (Phi) is 7.55. The molecular weight excluding hydrogens is 212 g/mol. The first-order chi connectivity index (χ1) is 6.60. The van der Waals surface area contributed by atoms with E-state index in [2.05, 4.69) is 4.74 Å². The summed E-state index contributed by atoms with van der Waals surface area (Å²) >= 11 is 5.42. The minimum atomic E-state index is -0.851. The van der Waals surface area contributed by atoms with Crippen molar-refractivity contribution in [3.8, 4) is 0 Å². The van der Waals surface area contributed by atoms with Gasteiger partial charge in [0.15, 0.2) is 5.56 Å². The maximum Gasteiger partial charge on any atom is 0.512 e. The molecule has 0 aromatic heterocycles. The Morgan fingerprint density at radius 1 is 1.36 bits per heavy atom. The van der Waals surface area contributed by atoms with Gasteiger partial charge in [-0.3, -0.25) is 0 Å². The van der Waals surface area contributed by atoms with Gasteiger partial charge in [-0.2, -0.15) is 0 Å². The molecule has 0 saturated carbocycles. The second kappa shape index (κ2) is 7.84. The van der Waals surface area contributed by atoms with Crippen LogP contribution < -0.4 is 0 Å². The van der Waals surface area contributed by atoms with Gasteiger partial charge in [0.1, 0.15) is 0 Å². The number of rotatable bonds is 6. The van der Waals surface area contributed by atoms with E-state index in [9.17, 15) is 4.79 Å². The van der Waals surface area contributed by atoms with Crippen LogP contribution in [0, 0.1) is 0 Å². The molecule has 2 atom stereocenters. The summed E-state index contributed by atoms with van der Waals surface area (Å²) < 4.78 is 19.0. The fourth-order valence-corrected chi connectivity index (χ4v) is 0.779. The third kappa shape index (κ3) is 6.94. The van der Waals surface area contributed by atoms with Gasteiger partial charge in [-0.1, -0.05) is 11.6 Å². The highest BCUT2D eigenvalue weighted by Gasteiger charge is 2.15. The summed E-state index contributed by atoms with van der Waals surface area (Å²) in [4.78, 5) is 10.9. The molecule has 0 bridgehead atoms. The minimum absolute atomic E-state index is 0.433. The third-order valence-electron chi connectivity index (χ3n) is 1.31. The average molecular weight is 227 g/mol. The molecule has 0 aromatic rings. The molecule has 0 aromatic carbocycles. The fraction of sp³-hybridized carbons (Fsp3) is 0.875. The van der Waals surface area contributed by atoms with E-state index in [0.717, 1.165) is 0 Å². The van der Waals surface area contributed by atoms with Crippen molar-refractivity contribution in [2.24, 2.45) is 0 Å². The van der Waals surface area contributed by atoms with Crippen molar-refractivity contribution in [2.45, 2.75) is 25.2 Å². The van der Waals surface area contributed by atoms with Gasteiger partial charge in [-0.25, -0.2) is 4.79 Å². The second-order valence-electron chi connectivity index (χ2n) is 2.48. The lowest BCUT2D eigenvalue weighted by molar-refractivity contribution is -0.114.